The first kappa shape index (κ1) is 18.0. The standard InChI is InChI=1S/C15H18F3N7O/c16-15(17,18)3-1-10-2-4-20-14(21-10)25-7-5-24(6-8-25)11-9-12(26)23-13(19)22-11/h2,4,9H,1,3,5-8H2,(H3,19,22,23,26). The molecule has 0 atom stereocenters. The molecule has 0 amide bonds. The third kappa shape index (κ3) is 4.61. The van der Waals surface area contributed by atoms with Gasteiger partial charge in [0.05, 0.1) is 0 Å². The topological polar surface area (TPSA) is 104 Å². The maximum absolute atomic E-state index is 12.4. The van der Waals surface area contributed by atoms with E-state index in [1.807, 2.05) is 9.80 Å². The number of rotatable bonds is 4. The largest absolute Gasteiger partial charge is 0.389 e. The number of hydrogen-bond donors (Lipinski definition) is 2. The highest BCUT2D eigenvalue weighted by molar-refractivity contribution is 5.44. The number of halogens is 3. The van der Waals surface area contributed by atoms with Gasteiger partial charge in [0, 0.05) is 50.6 Å². The molecule has 0 saturated carbocycles. The Balaban J connectivity index is 1.63. The fourth-order valence-corrected chi connectivity index (χ4v) is 2.71. The van der Waals surface area contributed by atoms with Crippen LogP contribution in [0.1, 0.15) is 12.1 Å². The molecule has 8 nitrogen and oxygen atoms in total. The highest BCUT2D eigenvalue weighted by atomic mass is 19.4. The summed E-state index contributed by atoms with van der Waals surface area (Å²) in [6.45, 7) is 2.23. The van der Waals surface area contributed by atoms with Crippen LogP contribution in [0.5, 0.6) is 0 Å². The van der Waals surface area contributed by atoms with Crippen LogP contribution < -0.4 is 21.1 Å². The molecule has 2 aromatic rings. The minimum absolute atomic E-state index is 0.0515. The van der Waals surface area contributed by atoms with Gasteiger partial charge in [0.25, 0.3) is 5.56 Å². The van der Waals surface area contributed by atoms with Gasteiger partial charge in [-0.15, -0.1) is 0 Å². The van der Waals surface area contributed by atoms with Crippen LogP contribution >= 0.6 is 0 Å². The molecule has 0 radical (unpaired) electrons. The van der Waals surface area contributed by atoms with Crippen LogP contribution in [-0.4, -0.2) is 52.3 Å². The van der Waals surface area contributed by atoms with Crippen molar-refractivity contribution in [3.63, 3.8) is 0 Å². The third-order valence-corrected chi connectivity index (χ3v) is 4.00. The van der Waals surface area contributed by atoms with Crippen molar-refractivity contribution in [2.24, 2.45) is 0 Å². The van der Waals surface area contributed by atoms with E-state index in [1.54, 1.807) is 0 Å². The molecule has 1 saturated heterocycles. The van der Waals surface area contributed by atoms with Crippen LogP contribution in [0.15, 0.2) is 23.1 Å². The lowest BCUT2D eigenvalue weighted by molar-refractivity contribution is -0.134. The number of nitrogens with two attached hydrogens (primary N) is 1. The Morgan fingerprint density at radius 1 is 1.15 bits per heavy atom. The van der Waals surface area contributed by atoms with Gasteiger partial charge in [0.1, 0.15) is 5.82 Å². The lowest BCUT2D eigenvalue weighted by atomic mass is 10.2. The first-order valence-corrected chi connectivity index (χ1v) is 8.05. The first-order valence-electron chi connectivity index (χ1n) is 8.05. The summed E-state index contributed by atoms with van der Waals surface area (Å²) in [5.74, 6) is 0.948. The molecule has 3 rings (SSSR count). The van der Waals surface area contributed by atoms with Gasteiger partial charge in [0.2, 0.25) is 11.9 Å². The van der Waals surface area contributed by atoms with Crippen molar-refractivity contribution in [2.75, 3.05) is 41.7 Å². The molecule has 11 heteroatoms. The summed E-state index contributed by atoms with van der Waals surface area (Å²) < 4.78 is 37.1. The summed E-state index contributed by atoms with van der Waals surface area (Å²) in [5.41, 5.74) is 5.59. The SMILES string of the molecule is Nc1nc(N2CCN(c3nccc(CCC(F)(F)F)n3)CC2)cc(=O)[nH]1. The second kappa shape index (κ2) is 7.18. The van der Waals surface area contributed by atoms with E-state index >= 15 is 0 Å². The highest BCUT2D eigenvalue weighted by Gasteiger charge is 2.27. The molecule has 26 heavy (non-hydrogen) atoms. The molecular formula is C15H18F3N7O. The minimum Gasteiger partial charge on any atom is -0.369 e. The first-order chi connectivity index (χ1) is 12.3. The van der Waals surface area contributed by atoms with Gasteiger partial charge in [0.15, 0.2) is 0 Å². The fourth-order valence-electron chi connectivity index (χ4n) is 2.71. The number of nitrogens with zero attached hydrogens (tertiary/aromatic N) is 5. The second-order valence-electron chi connectivity index (χ2n) is 5.93. The van der Waals surface area contributed by atoms with E-state index < -0.39 is 12.6 Å². The van der Waals surface area contributed by atoms with E-state index in [9.17, 15) is 18.0 Å². The number of aromatic amines is 1. The predicted molar refractivity (Wildman–Crippen MR) is 90.1 cm³/mol. The van der Waals surface area contributed by atoms with Crippen molar-refractivity contribution in [3.8, 4) is 0 Å². The number of nitrogen functional groups attached to an aromatic ring is 1. The number of anilines is 3. The molecule has 1 fully saturated rings. The van der Waals surface area contributed by atoms with Gasteiger partial charge in [-0.2, -0.15) is 18.2 Å². The van der Waals surface area contributed by atoms with Crippen LogP contribution in [0.3, 0.4) is 0 Å². The zero-order chi connectivity index (χ0) is 18.7. The molecule has 0 bridgehead atoms. The van der Waals surface area contributed by atoms with Crippen LogP contribution in [0.25, 0.3) is 0 Å². The van der Waals surface area contributed by atoms with Crippen molar-refractivity contribution < 1.29 is 13.2 Å². The lowest BCUT2D eigenvalue weighted by Crippen LogP contribution is -2.47. The third-order valence-electron chi connectivity index (χ3n) is 4.00. The molecule has 0 aromatic carbocycles. The maximum Gasteiger partial charge on any atom is 0.389 e. The molecule has 1 aliphatic heterocycles. The number of aromatic nitrogens is 4. The summed E-state index contributed by atoms with van der Waals surface area (Å²) in [5, 5.41) is 0. The van der Waals surface area contributed by atoms with Gasteiger partial charge in [-0.3, -0.25) is 9.78 Å². The zero-order valence-corrected chi connectivity index (χ0v) is 13.8. The van der Waals surface area contributed by atoms with E-state index in [0.29, 0.717) is 43.6 Å². The van der Waals surface area contributed by atoms with E-state index in [4.69, 9.17) is 5.73 Å². The smallest absolute Gasteiger partial charge is 0.369 e. The number of piperazine rings is 1. The van der Waals surface area contributed by atoms with Crippen molar-refractivity contribution in [3.05, 3.63) is 34.4 Å². The van der Waals surface area contributed by atoms with Crippen LogP contribution in [0, 0.1) is 0 Å². The Hall–Kier alpha value is -2.85. The summed E-state index contributed by atoms with van der Waals surface area (Å²) in [4.78, 5) is 30.2. The number of H-pyrrole nitrogens is 1. The van der Waals surface area contributed by atoms with Gasteiger partial charge >= 0.3 is 6.18 Å². The molecule has 3 N–H and O–H groups in total. The second-order valence-corrected chi connectivity index (χ2v) is 5.93. The molecule has 3 heterocycles. The van der Waals surface area contributed by atoms with Gasteiger partial charge in [-0.1, -0.05) is 0 Å². The van der Waals surface area contributed by atoms with Crippen LogP contribution in [-0.2, 0) is 6.42 Å². The van der Waals surface area contributed by atoms with E-state index in [1.165, 1.54) is 18.3 Å². The average Bonchev–Trinajstić information content (AvgIpc) is 2.59. The quantitative estimate of drug-likeness (QED) is 0.827. The average molecular weight is 369 g/mol. The molecule has 0 spiro atoms. The monoisotopic (exact) mass is 369 g/mol. The van der Waals surface area contributed by atoms with E-state index in [0.717, 1.165) is 0 Å². The summed E-state index contributed by atoms with van der Waals surface area (Å²) >= 11 is 0. The van der Waals surface area contributed by atoms with Crippen molar-refractivity contribution in [1.29, 1.82) is 0 Å². The van der Waals surface area contributed by atoms with Crippen molar-refractivity contribution in [1.82, 2.24) is 19.9 Å². The van der Waals surface area contributed by atoms with Crippen molar-refractivity contribution >= 4 is 17.7 Å². The number of hydrogen-bond acceptors (Lipinski definition) is 7. The normalized spacial score (nSPS) is 15.3. The van der Waals surface area contributed by atoms with Crippen LogP contribution in [0.4, 0.5) is 30.9 Å². The van der Waals surface area contributed by atoms with Gasteiger partial charge in [-0.05, 0) is 12.5 Å². The number of nitrogens with one attached hydrogen (secondary N) is 1. The Labute approximate surface area is 146 Å². The van der Waals surface area contributed by atoms with E-state index in [-0.39, 0.29) is 17.9 Å². The summed E-state index contributed by atoms with van der Waals surface area (Å²) in [7, 11) is 0. The molecule has 0 aliphatic carbocycles. The summed E-state index contributed by atoms with van der Waals surface area (Å²) in [6, 6.07) is 2.87. The number of aryl methyl sites for hydroxylation is 1. The Morgan fingerprint density at radius 2 is 1.85 bits per heavy atom. The molecule has 0 unspecified atom stereocenters. The van der Waals surface area contributed by atoms with Crippen LogP contribution in [0.2, 0.25) is 0 Å². The van der Waals surface area contributed by atoms with Gasteiger partial charge in [-0.25, -0.2) is 9.97 Å². The minimum atomic E-state index is -4.21. The summed E-state index contributed by atoms with van der Waals surface area (Å²) in [6.07, 6.45) is -3.82. The molecular weight excluding hydrogens is 351 g/mol. The zero-order valence-electron chi connectivity index (χ0n) is 13.8. The van der Waals surface area contributed by atoms with E-state index in [2.05, 4.69) is 19.9 Å². The predicted octanol–water partition coefficient (Wildman–Crippen LogP) is 0.964. The highest BCUT2D eigenvalue weighted by Crippen LogP contribution is 2.22. The Morgan fingerprint density at radius 3 is 2.50 bits per heavy atom. The fraction of sp³-hybridized carbons (Fsp3) is 0.467. The Kier molecular flexibility index (Phi) is 4.96. The molecule has 2 aromatic heterocycles. The lowest BCUT2D eigenvalue weighted by Gasteiger charge is -2.35. The Bertz CT molecular complexity index is 815. The molecule has 140 valence electrons. The van der Waals surface area contributed by atoms with Crippen molar-refractivity contribution in [2.45, 2.75) is 19.0 Å². The molecule has 1 aliphatic rings. The maximum atomic E-state index is 12.4. The van der Waals surface area contributed by atoms with Gasteiger partial charge < -0.3 is 15.5 Å². The number of alkyl halides is 3.